The highest BCUT2D eigenvalue weighted by Crippen LogP contribution is 2.27. The Morgan fingerprint density at radius 1 is 1.50 bits per heavy atom. The molecule has 2 aromatic rings. The monoisotopic (exact) mass is 321 g/mol. The number of nitrogens with zero attached hydrogens (tertiary/aromatic N) is 1. The van der Waals surface area contributed by atoms with Crippen LogP contribution < -0.4 is 5.32 Å². The Bertz CT molecular complexity index is 670. The number of ether oxygens (including phenoxy) is 1. The second kappa shape index (κ2) is 6.67. The molecule has 0 aromatic carbocycles. The molecule has 0 aliphatic heterocycles. The number of amides is 1. The number of H-pyrrole nitrogens is 1. The summed E-state index contributed by atoms with van der Waals surface area (Å²) in [7, 11) is 1.74. The van der Waals surface area contributed by atoms with E-state index < -0.39 is 0 Å². The molecule has 1 aliphatic rings. The summed E-state index contributed by atoms with van der Waals surface area (Å²) in [6.45, 7) is 0.610. The van der Waals surface area contributed by atoms with Gasteiger partial charge in [0.25, 0.3) is 5.91 Å². The molecule has 0 spiro atoms. The van der Waals surface area contributed by atoms with E-state index in [0.29, 0.717) is 28.7 Å². The summed E-state index contributed by atoms with van der Waals surface area (Å²) in [5.41, 5.74) is 1.10. The number of carbonyl (C=O) groups is 1. The SMILES string of the molecule is COC1CCCCC1CNC(=O)c1cnc2[nH]ccc2c1Cl. The second-order valence-corrected chi connectivity index (χ2v) is 6.13. The molecule has 2 atom stereocenters. The number of aromatic amines is 1. The van der Waals surface area contributed by atoms with Crippen molar-refractivity contribution in [2.45, 2.75) is 31.8 Å². The molecule has 0 saturated heterocycles. The Morgan fingerprint density at radius 2 is 2.32 bits per heavy atom. The number of methoxy groups -OCH3 is 1. The van der Waals surface area contributed by atoms with Gasteiger partial charge in [-0.25, -0.2) is 4.98 Å². The number of aromatic nitrogens is 2. The Kier molecular flexibility index (Phi) is 4.64. The average Bonchev–Trinajstić information content (AvgIpc) is 3.02. The second-order valence-electron chi connectivity index (χ2n) is 5.75. The van der Waals surface area contributed by atoms with Crippen LogP contribution >= 0.6 is 11.6 Å². The van der Waals surface area contributed by atoms with Gasteiger partial charge in [-0.05, 0) is 18.9 Å². The lowest BCUT2D eigenvalue weighted by Crippen LogP contribution is -2.37. The largest absolute Gasteiger partial charge is 0.381 e. The smallest absolute Gasteiger partial charge is 0.254 e. The Labute approximate surface area is 134 Å². The number of pyridine rings is 1. The third-order valence-corrected chi connectivity index (χ3v) is 4.84. The average molecular weight is 322 g/mol. The van der Waals surface area contributed by atoms with Gasteiger partial charge in [0.05, 0.1) is 16.7 Å². The van der Waals surface area contributed by atoms with Gasteiger partial charge in [-0.2, -0.15) is 0 Å². The van der Waals surface area contributed by atoms with E-state index in [-0.39, 0.29) is 12.0 Å². The van der Waals surface area contributed by atoms with Crippen LogP contribution in [-0.4, -0.2) is 35.6 Å². The topological polar surface area (TPSA) is 67.0 Å². The van der Waals surface area contributed by atoms with E-state index in [1.54, 1.807) is 13.3 Å². The summed E-state index contributed by atoms with van der Waals surface area (Å²) >= 11 is 6.31. The van der Waals surface area contributed by atoms with E-state index in [1.165, 1.54) is 19.0 Å². The molecule has 1 aliphatic carbocycles. The van der Waals surface area contributed by atoms with Gasteiger partial charge < -0.3 is 15.0 Å². The number of fused-ring (bicyclic) bond motifs is 1. The van der Waals surface area contributed by atoms with E-state index in [1.807, 2.05) is 6.07 Å². The summed E-state index contributed by atoms with van der Waals surface area (Å²) in [5.74, 6) is 0.187. The molecule has 118 valence electrons. The van der Waals surface area contributed by atoms with Crippen molar-refractivity contribution in [1.29, 1.82) is 0 Å². The van der Waals surface area contributed by atoms with Gasteiger partial charge in [0, 0.05) is 37.4 Å². The van der Waals surface area contributed by atoms with Crippen molar-refractivity contribution >= 4 is 28.5 Å². The Morgan fingerprint density at radius 3 is 3.14 bits per heavy atom. The molecular weight excluding hydrogens is 302 g/mol. The van der Waals surface area contributed by atoms with Crippen LogP contribution in [0.15, 0.2) is 18.5 Å². The molecule has 2 aromatic heterocycles. The van der Waals surface area contributed by atoms with Gasteiger partial charge in [0.2, 0.25) is 0 Å². The highest BCUT2D eigenvalue weighted by Gasteiger charge is 2.25. The van der Waals surface area contributed by atoms with E-state index in [2.05, 4.69) is 15.3 Å². The number of hydrogen-bond donors (Lipinski definition) is 2. The van der Waals surface area contributed by atoms with Gasteiger partial charge in [0.15, 0.2) is 0 Å². The Hall–Kier alpha value is -1.59. The molecule has 22 heavy (non-hydrogen) atoms. The third kappa shape index (κ3) is 2.96. The molecule has 0 radical (unpaired) electrons. The molecular formula is C16H20ClN3O2. The predicted octanol–water partition coefficient (Wildman–Crippen LogP) is 3.15. The van der Waals surface area contributed by atoms with Crippen molar-refractivity contribution in [1.82, 2.24) is 15.3 Å². The molecule has 1 fully saturated rings. The van der Waals surface area contributed by atoms with Crippen molar-refractivity contribution in [3.8, 4) is 0 Å². The van der Waals surface area contributed by atoms with Crippen LogP contribution in [0.1, 0.15) is 36.0 Å². The van der Waals surface area contributed by atoms with Crippen LogP contribution in [-0.2, 0) is 4.74 Å². The van der Waals surface area contributed by atoms with E-state index in [0.717, 1.165) is 18.2 Å². The predicted molar refractivity (Wildman–Crippen MR) is 86.2 cm³/mol. The highest BCUT2D eigenvalue weighted by atomic mass is 35.5. The molecule has 1 amide bonds. The normalized spacial score (nSPS) is 21.9. The van der Waals surface area contributed by atoms with Gasteiger partial charge >= 0.3 is 0 Å². The van der Waals surface area contributed by atoms with Gasteiger partial charge in [0.1, 0.15) is 5.65 Å². The first kappa shape index (κ1) is 15.3. The summed E-state index contributed by atoms with van der Waals surface area (Å²) in [4.78, 5) is 19.6. The lowest BCUT2D eigenvalue weighted by molar-refractivity contribution is 0.0239. The van der Waals surface area contributed by atoms with Gasteiger partial charge in [-0.15, -0.1) is 0 Å². The lowest BCUT2D eigenvalue weighted by atomic mass is 9.86. The minimum Gasteiger partial charge on any atom is -0.381 e. The van der Waals surface area contributed by atoms with Crippen molar-refractivity contribution in [3.05, 3.63) is 29.0 Å². The van der Waals surface area contributed by atoms with Crippen molar-refractivity contribution < 1.29 is 9.53 Å². The summed E-state index contributed by atoms with van der Waals surface area (Å²) in [6.07, 6.45) is 8.05. The fraction of sp³-hybridized carbons (Fsp3) is 0.500. The first-order chi connectivity index (χ1) is 10.7. The number of carbonyl (C=O) groups excluding carboxylic acids is 1. The molecule has 5 nitrogen and oxygen atoms in total. The van der Waals surface area contributed by atoms with Gasteiger partial charge in [-0.1, -0.05) is 24.4 Å². The van der Waals surface area contributed by atoms with Crippen molar-refractivity contribution in [2.75, 3.05) is 13.7 Å². The van der Waals surface area contributed by atoms with Crippen molar-refractivity contribution in [2.24, 2.45) is 5.92 Å². The minimum atomic E-state index is -0.180. The number of hydrogen-bond acceptors (Lipinski definition) is 3. The third-order valence-electron chi connectivity index (χ3n) is 4.43. The van der Waals surface area contributed by atoms with Crippen LogP contribution in [0.2, 0.25) is 5.02 Å². The quantitative estimate of drug-likeness (QED) is 0.909. The summed E-state index contributed by atoms with van der Waals surface area (Å²) in [6, 6.07) is 1.82. The first-order valence-electron chi connectivity index (χ1n) is 7.63. The molecule has 6 heteroatoms. The fourth-order valence-corrected chi connectivity index (χ4v) is 3.46. The van der Waals surface area contributed by atoms with Crippen LogP contribution in [0.5, 0.6) is 0 Å². The summed E-state index contributed by atoms with van der Waals surface area (Å²) < 4.78 is 5.52. The van der Waals surface area contributed by atoms with Crippen LogP contribution in [0.4, 0.5) is 0 Å². The van der Waals surface area contributed by atoms with Crippen LogP contribution in [0.25, 0.3) is 11.0 Å². The van der Waals surface area contributed by atoms with Gasteiger partial charge in [-0.3, -0.25) is 4.79 Å². The number of nitrogens with one attached hydrogen (secondary N) is 2. The maximum absolute atomic E-state index is 12.4. The van der Waals surface area contributed by atoms with Crippen LogP contribution in [0, 0.1) is 5.92 Å². The Balaban J connectivity index is 1.69. The van der Waals surface area contributed by atoms with E-state index in [4.69, 9.17) is 16.3 Å². The lowest BCUT2D eigenvalue weighted by Gasteiger charge is -2.30. The minimum absolute atomic E-state index is 0.180. The van der Waals surface area contributed by atoms with Crippen molar-refractivity contribution in [3.63, 3.8) is 0 Å². The molecule has 2 unspecified atom stereocenters. The summed E-state index contributed by atoms with van der Waals surface area (Å²) in [5, 5.41) is 4.18. The molecule has 3 rings (SSSR count). The first-order valence-corrected chi connectivity index (χ1v) is 8.01. The fourth-order valence-electron chi connectivity index (χ4n) is 3.17. The standard InChI is InChI=1S/C16H20ClN3O2/c1-22-13-5-3-2-4-10(13)8-20-16(21)12-9-19-15-11(14(12)17)6-7-18-15/h6-7,9-10,13H,2-5,8H2,1H3,(H,18,19)(H,20,21). The molecule has 0 bridgehead atoms. The van der Waals surface area contributed by atoms with E-state index in [9.17, 15) is 4.79 Å². The molecule has 2 heterocycles. The zero-order chi connectivity index (χ0) is 15.5. The molecule has 2 N–H and O–H groups in total. The zero-order valence-electron chi connectivity index (χ0n) is 12.6. The van der Waals surface area contributed by atoms with E-state index >= 15 is 0 Å². The van der Waals surface area contributed by atoms with Crippen LogP contribution in [0.3, 0.4) is 0 Å². The maximum atomic E-state index is 12.4. The number of rotatable bonds is 4. The number of halogens is 1. The zero-order valence-corrected chi connectivity index (χ0v) is 13.3. The maximum Gasteiger partial charge on any atom is 0.254 e. The highest BCUT2D eigenvalue weighted by molar-refractivity contribution is 6.38. The molecule has 1 saturated carbocycles.